The maximum atomic E-state index is 12.9. The number of halogens is 1. The van der Waals surface area contributed by atoms with Crippen molar-refractivity contribution in [2.45, 2.75) is 0 Å². The van der Waals surface area contributed by atoms with Gasteiger partial charge in [0.2, 0.25) is 0 Å². The monoisotopic (exact) mass is 510 g/mol. The molecule has 3 rings (SSSR count). The predicted octanol–water partition coefficient (Wildman–Crippen LogP) is 5.09. The lowest BCUT2D eigenvalue weighted by atomic mass is 10.0. The number of benzene rings is 3. The van der Waals surface area contributed by atoms with E-state index >= 15 is 0 Å². The highest BCUT2D eigenvalue weighted by atomic mass is 79.9. The van der Waals surface area contributed by atoms with Gasteiger partial charge < -0.3 is 14.8 Å². The van der Waals surface area contributed by atoms with Gasteiger partial charge >= 0.3 is 5.97 Å². The van der Waals surface area contributed by atoms with E-state index in [1.807, 2.05) is 18.2 Å². The molecule has 9 heteroatoms. The van der Waals surface area contributed by atoms with Crippen LogP contribution in [0, 0.1) is 10.1 Å². The minimum atomic E-state index is -0.690. The molecule has 3 aromatic rings. The molecule has 0 bridgehead atoms. The Labute approximate surface area is 198 Å². The Hall–Kier alpha value is -3.98. The molecule has 0 radical (unpaired) electrons. The number of nitrogens with one attached hydrogen (secondary N) is 1. The molecule has 0 saturated heterocycles. The fourth-order valence-corrected chi connectivity index (χ4v) is 3.40. The van der Waals surface area contributed by atoms with Crippen molar-refractivity contribution in [3.63, 3.8) is 0 Å². The number of nitro benzene ring substituents is 1. The number of rotatable bonds is 8. The number of carbonyl (C=O) groups is 2. The normalized spacial score (nSPS) is 10.9. The number of nitro groups is 1. The van der Waals surface area contributed by atoms with Crippen LogP contribution < -0.4 is 10.1 Å². The second-order valence-electron chi connectivity index (χ2n) is 6.71. The van der Waals surface area contributed by atoms with Crippen LogP contribution in [0.5, 0.6) is 5.75 Å². The lowest BCUT2D eigenvalue weighted by Gasteiger charge is -2.11. The van der Waals surface area contributed by atoms with Crippen LogP contribution in [-0.2, 0) is 14.3 Å². The minimum absolute atomic E-state index is 0.125. The number of anilines is 1. The number of non-ortho nitro benzene ring substituents is 1. The van der Waals surface area contributed by atoms with Crippen molar-refractivity contribution < 1.29 is 24.0 Å². The van der Waals surface area contributed by atoms with Gasteiger partial charge in [-0.05, 0) is 39.7 Å². The minimum Gasteiger partial charge on any atom is -0.496 e. The SMILES string of the molecule is COc1ccccc1/C=C(/C(=O)OCC(=O)Nc1ccc([N+](=O)[O-])cc1Br)c1ccccc1. The van der Waals surface area contributed by atoms with E-state index in [2.05, 4.69) is 21.2 Å². The highest BCUT2D eigenvalue weighted by Gasteiger charge is 2.17. The van der Waals surface area contributed by atoms with Crippen LogP contribution in [0.25, 0.3) is 11.6 Å². The first-order chi connectivity index (χ1) is 15.9. The first-order valence-electron chi connectivity index (χ1n) is 9.70. The van der Waals surface area contributed by atoms with Gasteiger partial charge in [-0.15, -0.1) is 0 Å². The molecule has 33 heavy (non-hydrogen) atoms. The van der Waals surface area contributed by atoms with E-state index in [4.69, 9.17) is 9.47 Å². The molecule has 0 atom stereocenters. The number of esters is 1. The van der Waals surface area contributed by atoms with E-state index in [-0.39, 0.29) is 11.3 Å². The third-order valence-corrected chi connectivity index (χ3v) is 5.17. The molecule has 0 heterocycles. The Kier molecular flexibility index (Phi) is 7.93. The molecule has 0 aliphatic carbocycles. The van der Waals surface area contributed by atoms with Gasteiger partial charge in [0.25, 0.3) is 11.6 Å². The summed E-state index contributed by atoms with van der Waals surface area (Å²) >= 11 is 3.18. The number of nitrogens with zero attached hydrogens (tertiary/aromatic N) is 1. The van der Waals surface area contributed by atoms with E-state index in [1.54, 1.807) is 42.5 Å². The average Bonchev–Trinajstić information content (AvgIpc) is 2.83. The Morgan fingerprint density at radius 3 is 2.42 bits per heavy atom. The summed E-state index contributed by atoms with van der Waals surface area (Å²) in [6, 6.07) is 20.0. The summed E-state index contributed by atoms with van der Waals surface area (Å²) in [6.45, 7) is -0.543. The van der Waals surface area contributed by atoms with Crippen LogP contribution >= 0.6 is 15.9 Å². The van der Waals surface area contributed by atoms with Gasteiger partial charge in [-0.1, -0.05) is 48.5 Å². The summed E-state index contributed by atoms with van der Waals surface area (Å²) in [7, 11) is 1.54. The molecule has 0 aromatic heterocycles. The molecule has 168 valence electrons. The van der Waals surface area contributed by atoms with E-state index in [0.717, 1.165) is 0 Å². The molecule has 0 aliphatic rings. The quantitative estimate of drug-likeness (QED) is 0.149. The lowest BCUT2D eigenvalue weighted by molar-refractivity contribution is -0.384. The van der Waals surface area contributed by atoms with Crippen molar-refractivity contribution in [1.29, 1.82) is 0 Å². The van der Waals surface area contributed by atoms with Crippen molar-refractivity contribution in [3.05, 3.63) is 98.5 Å². The number of hydrogen-bond acceptors (Lipinski definition) is 6. The smallest absolute Gasteiger partial charge is 0.339 e. The summed E-state index contributed by atoms with van der Waals surface area (Å²) in [5.41, 5.74) is 1.74. The van der Waals surface area contributed by atoms with E-state index in [9.17, 15) is 19.7 Å². The average molecular weight is 511 g/mol. The van der Waals surface area contributed by atoms with Crippen molar-refractivity contribution in [1.82, 2.24) is 0 Å². The third kappa shape index (κ3) is 6.27. The molecular weight excluding hydrogens is 492 g/mol. The third-order valence-electron chi connectivity index (χ3n) is 4.52. The topological polar surface area (TPSA) is 108 Å². The Balaban J connectivity index is 1.76. The summed E-state index contributed by atoms with van der Waals surface area (Å²) in [6.07, 6.45) is 1.64. The van der Waals surface area contributed by atoms with Gasteiger partial charge in [0.15, 0.2) is 6.61 Å². The fraction of sp³-hybridized carbons (Fsp3) is 0.0833. The van der Waals surface area contributed by atoms with Crippen LogP contribution in [0.4, 0.5) is 11.4 Å². The lowest BCUT2D eigenvalue weighted by Crippen LogP contribution is -2.21. The second-order valence-corrected chi connectivity index (χ2v) is 7.57. The highest BCUT2D eigenvalue weighted by molar-refractivity contribution is 9.10. The molecule has 0 spiro atoms. The van der Waals surface area contributed by atoms with Gasteiger partial charge in [0.1, 0.15) is 5.75 Å². The van der Waals surface area contributed by atoms with Gasteiger partial charge in [-0.3, -0.25) is 14.9 Å². The fourth-order valence-electron chi connectivity index (χ4n) is 2.93. The summed E-state index contributed by atoms with van der Waals surface area (Å²) in [5, 5.41) is 13.4. The first kappa shape index (κ1) is 23.7. The van der Waals surface area contributed by atoms with Crippen LogP contribution in [0.1, 0.15) is 11.1 Å². The van der Waals surface area contributed by atoms with Crippen LogP contribution in [0.15, 0.2) is 77.3 Å². The van der Waals surface area contributed by atoms with E-state index in [1.165, 1.54) is 25.3 Å². The summed E-state index contributed by atoms with van der Waals surface area (Å²) < 4.78 is 10.9. The number of ether oxygens (including phenoxy) is 2. The molecule has 0 aliphatic heterocycles. The molecule has 3 aromatic carbocycles. The summed E-state index contributed by atoms with van der Waals surface area (Å²) in [4.78, 5) is 35.5. The van der Waals surface area contributed by atoms with Gasteiger partial charge in [-0.2, -0.15) is 0 Å². The zero-order valence-electron chi connectivity index (χ0n) is 17.5. The van der Waals surface area contributed by atoms with Crippen molar-refractivity contribution in [2.75, 3.05) is 19.0 Å². The van der Waals surface area contributed by atoms with Crippen molar-refractivity contribution >= 4 is 50.8 Å². The zero-order valence-corrected chi connectivity index (χ0v) is 19.1. The number of hydrogen-bond donors (Lipinski definition) is 1. The van der Waals surface area contributed by atoms with Crippen molar-refractivity contribution in [3.8, 4) is 5.75 Å². The summed E-state index contributed by atoms with van der Waals surface area (Å²) in [5.74, 6) is -0.702. The Morgan fingerprint density at radius 1 is 1.06 bits per heavy atom. The van der Waals surface area contributed by atoms with E-state index < -0.39 is 23.4 Å². The van der Waals surface area contributed by atoms with Crippen LogP contribution in [0.2, 0.25) is 0 Å². The standard InChI is InChI=1S/C24H19BrN2O6/c1-32-22-10-6-5-9-17(22)13-19(16-7-3-2-4-8-16)24(29)33-15-23(28)26-21-12-11-18(27(30)31)14-20(21)25/h2-14H,15H2,1H3,(H,26,28)/b19-13+. The molecule has 0 unspecified atom stereocenters. The van der Waals surface area contributed by atoms with Gasteiger partial charge in [-0.25, -0.2) is 4.79 Å². The molecule has 0 fully saturated rings. The van der Waals surface area contributed by atoms with Crippen LogP contribution in [-0.4, -0.2) is 30.5 Å². The maximum Gasteiger partial charge on any atom is 0.339 e. The van der Waals surface area contributed by atoms with Gasteiger partial charge in [0, 0.05) is 22.2 Å². The number of para-hydroxylation sites is 1. The molecule has 8 nitrogen and oxygen atoms in total. The number of carbonyl (C=O) groups excluding carboxylic acids is 2. The molecule has 1 N–H and O–H groups in total. The molecule has 0 saturated carbocycles. The van der Waals surface area contributed by atoms with Crippen LogP contribution in [0.3, 0.4) is 0 Å². The second kappa shape index (κ2) is 11.1. The Morgan fingerprint density at radius 2 is 1.76 bits per heavy atom. The van der Waals surface area contributed by atoms with E-state index in [0.29, 0.717) is 27.0 Å². The highest BCUT2D eigenvalue weighted by Crippen LogP contribution is 2.28. The first-order valence-corrected chi connectivity index (χ1v) is 10.5. The molecular formula is C24H19BrN2O6. The predicted molar refractivity (Wildman–Crippen MR) is 128 cm³/mol. The maximum absolute atomic E-state index is 12.9. The number of methoxy groups -OCH3 is 1. The Bertz CT molecular complexity index is 1210. The van der Waals surface area contributed by atoms with Gasteiger partial charge in [0.05, 0.1) is 23.3 Å². The largest absolute Gasteiger partial charge is 0.496 e. The zero-order chi connectivity index (χ0) is 23.8. The number of amides is 1. The van der Waals surface area contributed by atoms with Crippen molar-refractivity contribution in [2.24, 2.45) is 0 Å². The molecule has 1 amide bonds.